The molecule has 0 radical (unpaired) electrons. The van der Waals surface area contributed by atoms with Gasteiger partial charge in [0, 0.05) is 43.0 Å². The first kappa shape index (κ1) is 25.1. The van der Waals surface area contributed by atoms with Gasteiger partial charge in [-0.05, 0) is 53.8 Å². The van der Waals surface area contributed by atoms with Gasteiger partial charge in [0.05, 0.1) is 17.6 Å². The Balaban J connectivity index is 1.20. The molecule has 1 amide bonds. The van der Waals surface area contributed by atoms with Crippen LogP contribution in [0.25, 0.3) is 16.8 Å². The van der Waals surface area contributed by atoms with Crippen molar-refractivity contribution < 1.29 is 4.79 Å². The molecule has 0 bridgehead atoms. The molecular weight excluding hydrogens is 508 g/mol. The quantitative estimate of drug-likeness (QED) is 0.287. The molecule has 0 aliphatic carbocycles. The number of carbonyl (C=O) groups is 1. The van der Waals surface area contributed by atoms with E-state index in [9.17, 15) is 4.79 Å². The minimum atomic E-state index is -0.248. The number of fused-ring (bicyclic) bond motifs is 1. The second-order valence-corrected chi connectivity index (χ2v) is 10.0. The van der Waals surface area contributed by atoms with Gasteiger partial charge >= 0.3 is 0 Å². The Bertz CT molecular complexity index is 1610. The number of nitrogens with one attached hydrogen (secondary N) is 2. The first-order valence-electron chi connectivity index (χ1n) is 13.2. The monoisotopic (exact) mass is 536 g/mol. The zero-order valence-electron chi connectivity index (χ0n) is 21.5. The number of para-hydroxylation sites is 2. The molecule has 0 saturated carbocycles. The zero-order chi connectivity index (χ0) is 26.6. The molecule has 39 heavy (non-hydrogen) atoms. The van der Waals surface area contributed by atoms with E-state index in [1.54, 1.807) is 23.0 Å². The van der Waals surface area contributed by atoms with Gasteiger partial charge in [-0.2, -0.15) is 5.10 Å². The van der Waals surface area contributed by atoms with Crippen molar-refractivity contribution in [3.05, 3.63) is 113 Å². The molecule has 7 nitrogen and oxygen atoms in total. The summed E-state index contributed by atoms with van der Waals surface area (Å²) in [4.78, 5) is 20.3. The molecule has 2 N–H and O–H groups in total. The second kappa shape index (κ2) is 11.3. The third-order valence-electron chi connectivity index (χ3n) is 7.12. The van der Waals surface area contributed by atoms with Crippen molar-refractivity contribution in [1.29, 1.82) is 0 Å². The normalized spacial score (nSPS) is 13.5. The van der Waals surface area contributed by atoms with E-state index in [1.807, 2.05) is 42.5 Å². The van der Waals surface area contributed by atoms with Gasteiger partial charge in [0.2, 0.25) is 0 Å². The molecule has 0 spiro atoms. The molecule has 0 atom stereocenters. The van der Waals surface area contributed by atoms with E-state index in [-0.39, 0.29) is 5.91 Å². The lowest BCUT2D eigenvalue weighted by molar-refractivity contribution is 0.102. The number of aryl methyl sites for hydroxylation is 2. The molecule has 3 heterocycles. The van der Waals surface area contributed by atoms with Crippen LogP contribution in [-0.2, 0) is 12.8 Å². The summed E-state index contributed by atoms with van der Waals surface area (Å²) >= 11 is 6.31. The second-order valence-electron chi connectivity index (χ2n) is 9.64. The lowest BCUT2D eigenvalue weighted by atomic mass is 10.0. The van der Waals surface area contributed by atoms with Crippen LogP contribution in [-0.4, -0.2) is 46.7 Å². The number of hydrogen-bond acceptors (Lipinski definition) is 5. The Labute approximate surface area is 232 Å². The van der Waals surface area contributed by atoms with E-state index in [0.29, 0.717) is 11.3 Å². The number of aromatic nitrogens is 3. The van der Waals surface area contributed by atoms with Crippen molar-refractivity contribution >= 4 is 34.5 Å². The average Bonchev–Trinajstić information content (AvgIpc) is 3.41. The predicted octanol–water partition coefficient (Wildman–Crippen LogP) is 5.50. The molecule has 6 rings (SSSR count). The van der Waals surface area contributed by atoms with Crippen LogP contribution in [0.3, 0.4) is 0 Å². The summed E-state index contributed by atoms with van der Waals surface area (Å²) in [6.45, 7) is 3.64. The molecule has 1 fully saturated rings. The molecule has 1 aliphatic heterocycles. The van der Waals surface area contributed by atoms with Gasteiger partial charge in [-0.3, -0.25) is 4.79 Å². The fourth-order valence-corrected chi connectivity index (χ4v) is 5.21. The van der Waals surface area contributed by atoms with Crippen LogP contribution in [0.15, 0.2) is 91.3 Å². The maximum absolute atomic E-state index is 13.3. The van der Waals surface area contributed by atoms with Crippen LogP contribution in [0.4, 0.5) is 11.4 Å². The van der Waals surface area contributed by atoms with Crippen molar-refractivity contribution in [3.8, 4) is 11.1 Å². The summed E-state index contributed by atoms with van der Waals surface area (Å²) < 4.78 is 1.70. The number of amides is 1. The number of piperazine rings is 1. The zero-order valence-corrected chi connectivity index (χ0v) is 22.2. The van der Waals surface area contributed by atoms with Crippen molar-refractivity contribution in [2.24, 2.45) is 0 Å². The van der Waals surface area contributed by atoms with Crippen molar-refractivity contribution in [3.63, 3.8) is 0 Å². The Kier molecular flexibility index (Phi) is 7.25. The van der Waals surface area contributed by atoms with Gasteiger partial charge in [0.15, 0.2) is 5.65 Å². The van der Waals surface area contributed by atoms with Crippen LogP contribution in [0.5, 0.6) is 0 Å². The molecule has 196 valence electrons. The van der Waals surface area contributed by atoms with Crippen molar-refractivity contribution in [1.82, 2.24) is 19.9 Å². The van der Waals surface area contributed by atoms with E-state index in [1.165, 1.54) is 5.56 Å². The maximum atomic E-state index is 13.3. The number of halogens is 1. The summed E-state index contributed by atoms with van der Waals surface area (Å²) in [5, 5.41) is 11.7. The van der Waals surface area contributed by atoms with E-state index < -0.39 is 0 Å². The van der Waals surface area contributed by atoms with Crippen molar-refractivity contribution in [2.75, 3.05) is 36.4 Å². The molecule has 3 aromatic carbocycles. The van der Waals surface area contributed by atoms with Crippen LogP contribution >= 0.6 is 11.6 Å². The summed E-state index contributed by atoms with van der Waals surface area (Å²) in [5.41, 5.74) is 7.05. The molecule has 2 aromatic heterocycles. The average molecular weight is 537 g/mol. The van der Waals surface area contributed by atoms with Gasteiger partial charge in [0.1, 0.15) is 5.69 Å². The molecule has 0 unspecified atom stereocenters. The summed E-state index contributed by atoms with van der Waals surface area (Å²) in [6, 6.07) is 26.0. The molecule has 8 heteroatoms. The number of nitrogens with zero attached hydrogens (tertiary/aromatic N) is 4. The third-order valence-corrected chi connectivity index (χ3v) is 7.49. The maximum Gasteiger partial charge on any atom is 0.274 e. The highest BCUT2D eigenvalue weighted by Gasteiger charge is 2.18. The standard InChI is InChI=1S/C31H29ClN6O/c32-26-6-2-1-5-24(26)14-11-22-9-12-23(13-10-22)25-21-34-38-18-15-28(35-30(25)38)31(39)36-27-7-3-4-8-29(27)37-19-16-33-17-20-37/h1-10,12-13,15,18,21,33H,11,14,16-17,19-20H2,(H,36,39). The topological polar surface area (TPSA) is 74.6 Å². The summed E-state index contributed by atoms with van der Waals surface area (Å²) in [7, 11) is 0. The SMILES string of the molecule is O=C(Nc1ccccc1N1CCNCC1)c1ccn2ncc(-c3ccc(CCc4ccccc4Cl)cc3)c2n1. The number of benzene rings is 3. The largest absolute Gasteiger partial charge is 0.367 e. The predicted molar refractivity (Wildman–Crippen MR) is 157 cm³/mol. The molecular formula is C31H29ClN6O. The summed E-state index contributed by atoms with van der Waals surface area (Å²) in [5.74, 6) is -0.248. The van der Waals surface area contributed by atoms with Gasteiger partial charge in [0.25, 0.3) is 5.91 Å². The highest BCUT2D eigenvalue weighted by molar-refractivity contribution is 6.31. The lowest BCUT2D eigenvalue weighted by Gasteiger charge is -2.31. The van der Waals surface area contributed by atoms with Gasteiger partial charge in [-0.15, -0.1) is 0 Å². The Morgan fingerprint density at radius 3 is 2.51 bits per heavy atom. The fraction of sp³-hybridized carbons (Fsp3) is 0.194. The number of carbonyl (C=O) groups excluding carboxylic acids is 1. The smallest absolute Gasteiger partial charge is 0.274 e. The van der Waals surface area contributed by atoms with E-state index in [2.05, 4.69) is 51.0 Å². The van der Waals surface area contributed by atoms with Gasteiger partial charge < -0.3 is 15.5 Å². The summed E-state index contributed by atoms with van der Waals surface area (Å²) in [6.07, 6.45) is 5.35. The highest BCUT2D eigenvalue weighted by Crippen LogP contribution is 2.28. The van der Waals surface area contributed by atoms with E-state index in [4.69, 9.17) is 16.6 Å². The third kappa shape index (κ3) is 5.50. The molecule has 1 saturated heterocycles. The number of rotatable bonds is 7. The number of hydrogen-bond donors (Lipinski definition) is 2. The van der Waals surface area contributed by atoms with Crippen LogP contribution in [0.2, 0.25) is 5.02 Å². The number of anilines is 2. The minimum absolute atomic E-state index is 0.248. The Morgan fingerprint density at radius 2 is 1.69 bits per heavy atom. The molecule has 5 aromatic rings. The highest BCUT2D eigenvalue weighted by atomic mass is 35.5. The molecule has 1 aliphatic rings. The Hall–Kier alpha value is -4.20. The first-order chi connectivity index (χ1) is 19.2. The fourth-order valence-electron chi connectivity index (χ4n) is 4.98. The Morgan fingerprint density at radius 1 is 0.923 bits per heavy atom. The van der Waals surface area contributed by atoms with Crippen molar-refractivity contribution in [2.45, 2.75) is 12.8 Å². The minimum Gasteiger partial charge on any atom is -0.367 e. The van der Waals surface area contributed by atoms with E-state index in [0.717, 1.165) is 72.1 Å². The van der Waals surface area contributed by atoms with Crippen LogP contribution in [0.1, 0.15) is 21.6 Å². The van der Waals surface area contributed by atoms with Gasteiger partial charge in [-0.1, -0.05) is 66.2 Å². The first-order valence-corrected chi connectivity index (χ1v) is 13.6. The van der Waals surface area contributed by atoms with Crippen LogP contribution < -0.4 is 15.5 Å². The van der Waals surface area contributed by atoms with Gasteiger partial charge in [-0.25, -0.2) is 9.50 Å². The van der Waals surface area contributed by atoms with Crippen LogP contribution in [0, 0.1) is 0 Å². The van der Waals surface area contributed by atoms with E-state index >= 15 is 0 Å². The lowest BCUT2D eigenvalue weighted by Crippen LogP contribution is -2.43.